The fraction of sp³-hybridized carbons (Fsp3) is 0.750. The molecule has 2 aliphatic rings. The van der Waals surface area contributed by atoms with Crippen molar-refractivity contribution >= 4 is 11.8 Å². The molecular weight excluding hydrogens is 184 g/mol. The summed E-state index contributed by atoms with van der Waals surface area (Å²) < 4.78 is 0. The van der Waals surface area contributed by atoms with Crippen LogP contribution in [0.2, 0.25) is 0 Å². The van der Waals surface area contributed by atoms with E-state index in [1.807, 2.05) is 0 Å². The molecule has 78 valence electrons. The molecule has 0 radical (unpaired) electrons. The Morgan fingerprint density at radius 3 is 2.64 bits per heavy atom. The van der Waals surface area contributed by atoms with Gasteiger partial charge in [-0.05, 0) is 0 Å². The van der Waals surface area contributed by atoms with Crippen molar-refractivity contribution < 1.29 is 9.59 Å². The van der Waals surface area contributed by atoms with Crippen LogP contribution in [0.4, 0.5) is 0 Å². The third kappa shape index (κ3) is 1.85. The SMILES string of the molecule is O=C1CC(C(=O)N2CCNCC2)NN1. The molecule has 0 aliphatic carbocycles. The number of rotatable bonds is 1. The summed E-state index contributed by atoms with van der Waals surface area (Å²) in [5, 5.41) is 3.17. The van der Waals surface area contributed by atoms with E-state index in [4.69, 9.17) is 0 Å². The van der Waals surface area contributed by atoms with Gasteiger partial charge in [0, 0.05) is 26.2 Å². The predicted octanol–water partition coefficient (Wildman–Crippen LogP) is -2.19. The van der Waals surface area contributed by atoms with Gasteiger partial charge in [0.1, 0.15) is 6.04 Å². The first kappa shape index (κ1) is 9.42. The zero-order valence-electron chi connectivity index (χ0n) is 7.88. The lowest BCUT2D eigenvalue weighted by Crippen LogP contribution is -2.52. The minimum absolute atomic E-state index is 0.0184. The zero-order valence-corrected chi connectivity index (χ0v) is 7.88. The van der Waals surface area contributed by atoms with Gasteiger partial charge in [-0.1, -0.05) is 0 Å². The Morgan fingerprint density at radius 1 is 1.36 bits per heavy atom. The second kappa shape index (κ2) is 3.93. The number of piperazine rings is 1. The first-order valence-electron chi connectivity index (χ1n) is 4.81. The van der Waals surface area contributed by atoms with Crippen molar-refractivity contribution in [1.29, 1.82) is 0 Å². The summed E-state index contributed by atoms with van der Waals surface area (Å²) in [5.41, 5.74) is 5.13. The molecule has 1 unspecified atom stereocenters. The lowest BCUT2D eigenvalue weighted by atomic mass is 10.2. The highest BCUT2D eigenvalue weighted by molar-refractivity contribution is 5.90. The van der Waals surface area contributed by atoms with E-state index in [1.54, 1.807) is 4.90 Å². The lowest BCUT2D eigenvalue weighted by Gasteiger charge is -2.29. The molecule has 0 aromatic heterocycles. The maximum atomic E-state index is 11.8. The number of amides is 2. The quantitative estimate of drug-likeness (QED) is 0.447. The van der Waals surface area contributed by atoms with Gasteiger partial charge in [0.15, 0.2) is 0 Å². The molecule has 0 spiro atoms. The van der Waals surface area contributed by atoms with Gasteiger partial charge >= 0.3 is 0 Å². The summed E-state index contributed by atoms with van der Waals surface area (Å²) in [6.45, 7) is 3.12. The van der Waals surface area contributed by atoms with Crippen LogP contribution in [-0.4, -0.2) is 48.9 Å². The average molecular weight is 198 g/mol. The van der Waals surface area contributed by atoms with Gasteiger partial charge in [0.25, 0.3) is 0 Å². The molecule has 2 fully saturated rings. The Bertz CT molecular complexity index is 250. The highest BCUT2D eigenvalue weighted by Crippen LogP contribution is 2.04. The van der Waals surface area contributed by atoms with Gasteiger partial charge < -0.3 is 10.2 Å². The van der Waals surface area contributed by atoms with Gasteiger partial charge in [-0.25, -0.2) is 5.43 Å². The molecule has 2 amide bonds. The number of carbonyl (C=O) groups excluding carboxylic acids is 2. The summed E-state index contributed by atoms with van der Waals surface area (Å²) in [6.07, 6.45) is 0.253. The molecule has 6 heteroatoms. The van der Waals surface area contributed by atoms with Crippen LogP contribution in [-0.2, 0) is 9.59 Å². The normalized spacial score (nSPS) is 27.6. The summed E-state index contributed by atoms with van der Waals surface area (Å²) in [4.78, 5) is 24.5. The Kier molecular flexibility index (Phi) is 2.64. The summed E-state index contributed by atoms with van der Waals surface area (Å²) in [7, 11) is 0. The molecule has 14 heavy (non-hydrogen) atoms. The van der Waals surface area contributed by atoms with Crippen molar-refractivity contribution in [1.82, 2.24) is 21.1 Å². The van der Waals surface area contributed by atoms with Crippen LogP contribution in [0.3, 0.4) is 0 Å². The molecule has 1 atom stereocenters. The molecule has 2 aliphatic heterocycles. The van der Waals surface area contributed by atoms with Gasteiger partial charge in [-0.3, -0.25) is 15.0 Å². The monoisotopic (exact) mass is 198 g/mol. The second-order valence-electron chi connectivity index (χ2n) is 3.52. The van der Waals surface area contributed by atoms with Crippen LogP contribution in [0.15, 0.2) is 0 Å². The Balaban J connectivity index is 1.90. The molecule has 0 saturated carbocycles. The van der Waals surface area contributed by atoms with E-state index < -0.39 is 0 Å². The second-order valence-corrected chi connectivity index (χ2v) is 3.52. The molecule has 0 aromatic rings. The number of nitrogens with zero attached hydrogens (tertiary/aromatic N) is 1. The summed E-state index contributed by atoms with van der Waals surface area (Å²) in [6, 6.07) is -0.374. The minimum Gasteiger partial charge on any atom is -0.339 e. The van der Waals surface area contributed by atoms with Crippen molar-refractivity contribution in [2.75, 3.05) is 26.2 Å². The summed E-state index contributed by atoms with van der Waals surface area (Å²) in [5.74, 6) is -0.0941. The topological polar surface area (TPSA) is 73.5 Å². The standard InChI is InChI=1S/C8H14N4O2/c13-7-5-6(10-11-7)8(14)12-3-1-9-2-4-12/h6,9-10H,1-5H2,(H,11,13). The van der Waals surface area contributed by atoms with Crippen LogP contribution in [0.25, 0.3) is 0 Å². The highest BCUT2D eigenvalue weighted by atomic mass is 16.2. The Labute approximate surface area is 82.0 Å². The first-order chi connectivity index (χ1) is 6.77. The molecule has 0 aromatic carbocycles. The van der Waals surface area contributed by atoms with Crippen LogP contribution in [0.1, 0.15) is 6.42 Å². The van der Waals surface area contributed by atoms with E-state index in [0.29, 0.717) is 0 Å². The zero-order chi connectivity index (χ0) is 9.97. The molecule has 6 nitrogen and oxygen atoms in total. The van der Waals surface area contributed by atoms with Crippen molar-refractivity contribution in [3.05, 3.63) is 0 Å². The largest absolute Gasteiger partial charge is 0.339 e. The van der Waals surface area contributed by atoms with Gasteiger partial charge in [-0.2, -0.15) is 0 Å². The maximum Gasteiger partial charge on any atom is 0.242 e. The Morgan fingerprint density at radius 2 is 2.07 bits per heavy atom. The van der Waals surface area contributed by atoms with Crippen molar-refractivity contribution in [2.45, 2.75) is 12.5 Å². The van der Waals surface area contributed by atoms with Gasteiger partial charge in [0.2, 0.25) is 11.8 Å². The van der Waals surface area contributed by atoms with E-state index in [2.05, 4.69) is 16.2 Å². The van der Waals surface area contributed by atoms with E-state index in [0.717, 1.165) is 26.2 Å². The smallest absolute Gasteiger partial charge is 0.242 e. The highest BCUT2D eigenvalue weighted by Gasteiger charge is 2.31. The van der Waals surface area contributed by atoms with Gasteiger partial charge in [0.05, 0.1) is 6.42 Å². The van der Waals surface area contributed by atoms with Crippen LogP contribution >= 0.6 is 0 Å². The molecular formula is C8H14N4O2. The van der Waals surface area contributed by atoms with E-state index in [9.17, 15) is 9.59 Å². The van der Waals surface area contributed by atoms with E-state index in [-0.39, 0.29) is 24.3 Å². The molecule has 3 N–H and O–H groups in total. The predicted molar refractivity (Wildman–Crippen MR) is 49.1 cm³/mol. The number of nitrogens with one attached hydrogen (secondary N) is 3. The average Bonchev–Trinajstić information content (AvgIpc) is 2.65. The number of hydrazine groups is 1. The number of hydrogen-bond acceptors (Lipinski definition) is 4. The van der Waals surface area contributed by atoms with Crippen LogP contribution in [0, 0.1) is 0 Å². The minimum atomic E-state index is -0.374. The number of carbonyl (C=O) groups is 2. The van der Waals surface area contributed by atoms with Crippen molar-refractivity contribution in [2.24, 2.45) is 0 Å². The van der Waals surface area contributed by atoms with E-state index >= 15 is 0 Å². The third-order valence-electron chi connectivity index (χ3n) is 2.50. The van der Waals surface area contributed by atoms with Crippen LogP contribution < -0.4 is 16.2 Å². The fourth-order valence-electron chi connectivity index (χ4n) is 1.71. The van der Waals surface area contributed by atoms with Crippen molar-refractivity contribution in [3.63, 3.8) is 0 Å². The summed E-state index contributed by atoms with van der Waals surface area (Å²) >= 11 is 0. The van der Waals surface area contributed by atoms with Crippen molar-refractivity contribution in [3.8, 4) is 0 Å². The van der Waals surface area contributed by atoms with Crippen LogP contribution in [0.5, 0.6) is 0 Å². The molecule has 2 saturated heterocycles. The molecule has 2 rings (SSSR count). The third-order valence-corrected chi connectivity index (χ3v) is 2.50. The maximum absolute atomic E-state index is 11.8. The molecule has 0 bridgehead atoms. The lowest BCUT2D eigenvalue weighted by molar-refractivity contribution is -0.134. The van der Waals surface area contributed by atoms with E-state index in [1.165, 1.54) is 0 Å². The molecule has 2 heterocycles. The Hall–Kier alpha value is -1.14. The fourth-order valence-corrected chi connectivity index (χ4v) is 1.71. The van der Waals surface area contributed by atoms with Gasteiger partial charge in [-0.15, -0.1) is 0 Å². The number of hydrogen-bond donors (Lipinski definition) is 3. The first-order valence-corrected chi connectivity index (χ1v) is 4.81.